The number of hydrogen-bond acceptors (Lipinski definition) is 7. The maximum atomic E-state index is 13.9. The van der Waals surface area contributed by atoms with Gasteiger partial charge in [-0.1, -0.05) is 0 Å². The lowest BCUT2D eigenvalue weighted by Gasteiger charge is -2.34. The summed E-state index contributed by atoms with van der Waals surface area (Å²) >= 11 is 0. The van der Waals surface area contributed by atoms with Crippen molar-refractivity contribution in [2.45, 2.75) is 32.2 Å². The molecule has 4 rings (SSSR count). The van der Waals surface area contributed by atoms with Crippen LogP contribution in [0.25, 0.3) is 0 Å². The molecule has 2 aliphatic rings. The molecule has 0 radical (unpaired) electrons. The summed E-state index contributed by atoms with van der Waals surface area (Å²) in [7, 11) is 0. The number of hydrogen-bond donors (Lipinski definition) is 0. The molecule has 0 bridgehead atoms. The molecule has 2 aromatic rings. The number of nitrogens with zero attached hydrogens (tertiary/aromatic N) is 6. The predicted molar refractivity (Wildman–Crippen MR) is 101 cm³/mol. The van der Waals surface area contributed by atoms with E-state index in [1.54, 1.807) is 25.4 Å². The Kier molecular flexibility index (Phi) is 5.36. The number of pyridine rings is 1. The van der Waals surface area contributed by atoms with Gasteiger partial charge in [0.1, 0.15) is 17.6 Å². The minimum Gasteiger partial charge on any atom is -0.341 e. The SMILES string of the molecule is Cc1c(F)cncc1C1CCON1C(=O)C1CCN(c2nccc(C#N)n2)CC1. The largest absolute Gasteiger partial charge is 0.341 e. The Morgan fingerprint density at radius 3 is 2.86 bits per heavy atom. The number of carbonyl (C=O) groups is 1. The summed E-state index contributed by atoms with van der Waals surface area (Å²) in [5.41, 5.74) is 1.51. The first-order valence-corrected chi connectivity index (χ1v) is 9.62. The maximum absolute atomic E-state index is 13.9. The number of rotatable bonds is 3. The van der Waals surface area contributed by atoms with Crippen LogP contribution in [0.1, 0.15) is 42.1 Å². The van der Waals surface area contributed by atoms with Gasteiger partial charge in [0.15, 0.2) is 0 Å². The number of anilines is 1. The van der Waals surface area contributed by atoms with Gasteiger partial charge in [-0.2, -0.15) is 5.26 Å². The number of halogens is 1. The first-order valence-electron chi connectivity index (χ1n) is 9.62. The smallest absolute Gasteiger partial charge is 0.249 e. The van der Waals surface area contributed by atoms with Crippen molar-refractivity contribution in [1.29, 1.82) is 5.26 Å². The molecule has 0 aliphatic carbocycles. The van der Waals surface area contributed by atoms with E-state index in [-0.39, 0.29) is 23.7 Å². The fourth-order valence-electron chi connectivity index (χ4n) is 3.89. The van der Waals surface area contributed by atoms with Crippen LogP contribution in [0, 0.1) is 30.0 Å². The van der Waals surface area contributed by atoms with Crippen molar-refractivity contribution in [2.24, 2.45) is 5.92 Å². The Balaban J connectivity index is 1.44. The van der Waals surface area contributed by atoms with E-state index in [1.807, 2.05) is 11.0 Å². The van der Waals surface area contributed by atoms with Gasteiger partial charge in [0, 0.05) is 43.4 Å². The van der Waals surface area contributed by atoms with Gasteiger partial charge in [0.2, 0.25) is 11.9 Å². The second kappa shape index (κ2) is 8.09. The number of hydroxylamine groups is 2. The number of nitriles is 1. The van der Waals surface area contributed by atoms with Crippen LogP contribution >= 0.6 is 0 Å². The molecule has 2 aliphatic heterocycles. The Labute approximate surface area is 167 Å². The van der Waals surface area contributed by atoms with Crippen molar-refractivity contribution >= 4 is 11.9 Å². The third-order valence-corrected chi connectivity index (χ3v) is 5.56. The van der Waals surface area contributed by atoms with E-state index in [2.05, 4.69) is 15.0 Å². The van der Waals surface area contributed by atoms with Crippen LogP contribution in [0.15, 0.2) is 24.7 Å². The topological polar surface area (TPSA) is 95.2 Å². The molecule has 1 unspecified atom stereocenters. The molecule has 1 amide bonds. The van der Waals surface area contributed by atoms with Crippen molar-refractivity contribution < 1.29 is 14.0 Å². The second-order valence-electron chi connectivity index (χ2n) is 7.25. The van der Waals surface area contributed by atoms with Crippen molar-refractivity contribution in [3.63, 3.8) is 0 Å². The van der Waals surface area contributed by atoms with Crippen molar-refractivity contribution in [3.8, 4) is 6.07 Å². The first kappa shape index (κ1) is 19.2. The van der Waals surface area contributed by atoms with E-state index in [4.69, 9.17) is 10.1 Å². The predicted octanol–water partition coefficient (Wildman–Crippen LogP) is 2.31. The molecule has 0 aromatic carbocycles. The summed E-state index contributed by atoms with van der Waals surface area (Å²) in [5, 5.41) is 10.4. The molecule has 8 nitrogen and oxygen atoms in total. The first-order chi connectivity index (χ1) is 14.1. The fourth-order valence-corrected chi connectivity index (χ4v) is 3.89. The maximum Gasteiger partial charge on any atom is 0.249 e. The van der Waals surface area contributed by atoms with Gasteiger partial charge < -0.3 is 4.90 Å². The van der Waals surface area contributed by atoms with Gasteiger partial charge >= 0.3 is 0 Å². The average molecular weight is 396 g/mol. The zero-order valence-electron chi connectivity index (χ0n) is 16.1. The normalized spacial score (nSPS) is 20.0. The summed E-state index contributed by atoms with van der Waals surface area (Å²) in [6, 6.07) is 3.26. The molecule has 0 saturated carbocycles. The lowest BCUT2D eigenvalue weighted by atomic mass is 9.94. The molecular formula is C20H21FN6O2. The number of aromatic nitrogens is 3. The third kappa shape index (κ3) is 3.76. The lowest BCUT2D eigenvalue weighted by molar-refractivity contribution is -0.182. The highest BCUT2D eigenvalue weighted by atomic mass is 19.1. The summed E-state index contributed by atoms with van der Waals surface area (Å²) in [6.07, 6.45) is 6.24. The Bertz CT molecular complexity index is 954. The Hall–Kier alpha value is -3.12. The third-order valence-electron chi connectivity index (χ3n) is 5.56. The van der Waals surface area contributed by atoms with E-state index in [0.29, 0.717) is 61.7 Å². The van der Waals surface area contributed by atoms with Gasteiger partial charge in [-0.05, 0) is 31.4 Å². The summed E-state index contributed by atoms with van der Waals surface area (Å²) in [6.45, 7) is 3.34. The van der Waals surface area contributed by atoms with Crippen LogP contribution in [-0.4, -0.2) is 45.6 Å². The zero-order valence-corrected chi connectivity index (χ0v) is 16.1. The van der Waals surface area contributed by atoms with Gasteiger partial charge in [-0.15, -0.1) is 0 Å². The molecule has 9 heteroatoms. The van der Waals surface area contributed by atoms with Crippen LogP contribution in [0.4, 0.5) is 10.3 Å². The number of carbonyl (C=O) groups excluding carboxylic acids is 1. The van der Waals surface area contributed by atoms with Crippen molar-refractivity contribution in [3.05, 3.63) is 47.3 Å². The Morgan fingerprint density at radius 2 is 2.10 bits per heavy atom. The molecular weight excluding hydrogens is 375 g/mol. The molecule has 2 fully saturated rings. The minimum atomic E-state index is -0.380. The summed E-state index contributed by atoms with van der Waals surface area (Å²) < 4.78 is 13.9. The molecule has 150 valence electrons. The fraction of sp³-hybridized carbons (Fsp3) is 0.450. The molecule has 0 spiro atoms. The highest BCUT2D eigenvalue weighted by molar-refractivity contribution is 5.79. The highest BCUT2D eigenvalue weighted by Crippen LogP contribution is 2.35. The van der Waals surface area contributed by atoms with Crippen molar-refractivity contribution in [1.82, 2.24) is 20.0 Å². The quantitative estimate of drug-likeness (QED) is 0.786. The van der Waals surface area contributed by atoms with Gasteiger partial charge in [0.05, 0.1) is 18.8 Å². The number of amides is 1. The van der Waals surface area contributed by atoms with Crippen LogP contribution in [-0.2, 0) is 9.63 Å². The van der Waals surface area contributed by atoms with E-state index in [9.17, 15) is 9.18 Å². The minimum absolute atomic E-state index is 0.0810. The van der Waals surface area contributed by atoms with Gasteiger partial charge in [0.25, 0.3) is 0 Å². The van der Waals surface area contributed by atoms with E-state index in [1.165, 1.54) is 11.3 Å². The second-order valence-corrected chi connectivity index (χ2v) is 7.25. The molecule has 1 atom stereocenters. The molecule has 4 heterocycles. The zero-order chi connectivity index (χ0) is 20.4. The molecule has 2 aromatic heterocycles. The molecule has 2 saturated heterocycles. The standard InChI is InChI=1S/C20H21FN6O2/c1-13-16(11-23-12-17(13)21)18-5-9-29-27(18)19(28)14-3-7-26(8-4-14)20-24-6-2-15(10-22)25-20/h2,6,11-12,14,18H,3-5,7-9H2,1H3. The van der Waals surface area contributed by atoms with Gasteiger partial charge in [-0.25, -0.2) is 19.4 Å². The highest BCUT2D eigenvalue weighted by Gasteiger charge is 2.38. The van der Waals surface area contributed by atoms with Crippen LogP contribution in [0.3, 0.4) is 0 Å². The van der Waals surface area contributed by atoms with Crippen LogP contribution < -0.4 is 4.90 Å². The van der Waals surface area contributed by atoms with E-state index >= 15 is 0 Å². The molecule has 29 heavy (non-hydrogen) atoms. The van der Waals surface area contributed by atoms with E-state index in [0.717, 1.165) is 0 Å². The summed E-state index contributed by atoms with van der Waals surface area (Å²) in [5.74, 6) is -0.142. The number of piperidine rings is 1. The van der Waals surface area contributed by atoms with E-state index < -0.39 is 0 Å². The lowest BCUT2D eigenvalue weighted by Crippen LogP contribution is -2.42. The van der Waals surface area contributed by atoms with Crippen LogP contribution in [0.2, 0.25) is 0 Å². The van der Waals surface area contributed by atoms with Gasteiger partial charge in [-0.3, -0.25) is 14.6 Å². The Morgan fingerprint density at radius 1 is 1.31 bits per heavy atom. The molecule has 0 N–H and O–H groups in total. The van der Waals surface area contributed by atoms with Crippen LogP contribution in [0.5, 0.6) is 0 Å². The average Bonchev–Trinajstić information content (AvgIpc) is 3.25. The summed E-state index contributed by atoms with van der Waals surface area (Å²) in [4.78, 5) is 33.1. The van der Waals surface area contributed by atoms with Crippen molar-refractivity contribution in [2.75, 3.05) is 24.6 Å². The monoisotopic (exact) mass is 396 g/mol.